The number of rotatable bonds is 16. The molecule has 1 aromatic carbocycles. The largest absolute Gasteiger partial charge is 0.508 e. The Morgan fingerprint density at radius 2 is 1.62 bits per heavy atom. The Balaban J connectivity index is 1.20. The number of carboxylic acids is 1. The number of carbonyl (C=O) groups is 1. The van der Waals surface area contributed by atoms with E-state index in [0.29, 0.717) is 29.4 Å². The second kappa shape index (κ2) is 14.4. The number of aromatic hydroxyl groups is 1. The molecule has 1 aromatic rings. The predicted octanol–water partition coefficient (Wildman–Crippen LogP) is 9.02. The van der Waals surface area contributed by atoms with E-state index in [0.717, 1.165) is 51.4 Å². The monoisotopic (exact) mass is 540 g/mol. The normalized spacial score (nSPS) is 30.4. The summed E-state index contributed by atoms with van der Waals surface area (Å²) in [6.07, 6.45) is 21.5. The van der Waals surface area contributed by atoms with Crippen LogP contribution in [-0.2, 0) is 11.2 Å². The van der Waals surface area contributed by atoms with Gasteiger partial charge in [0.25, 0.3) is 0 Å². The number of benzene rings is 1. The van der Waals surface area contributed by atoms with E-state index in [4.69, 9.17) is 0 Å². The molecular formula is C35H56O4. The molecule has 0 aromatic heterocycles. The standard InChI is InChI=1S/C35H56O4/c1-3-4-5-11-14-25(34(38)39)15-12-9-7-6-8-10-13-16-26-23-27-24-28(36)17-18-29(27)30-21-22-35(2)31(33(26)30)19-20-32(35)37/h17-18,24-26,30-33,36-37H,3-16,19-23H2,1-2H3,(H,38,39)/t25?,26?,30?,31?,32-,33?,35-/m0/s1. The van der Waals surface area contributed by atoms with Crippen molar-refractivity contribution in [1.82, 2.24) is 0 Å². The zero-order chi connectivity index (χ0) is 27.8. The highest BCUT2D eigenvalue weighted by molar-refractivity contribution is 5.69. The summed E-state index contributed by atoms with van der Waals surface area (Å²) in [5.74, 6) is 2.19. The van der Waals surface area contributed by atoms with Crippen molar-refractivity contribution in [3.8, 4) is 5.75 Å². The van der Waals surface area contributed by atoms with Crippen LogP contribution in [0.25, 0.3) is 0 Å². The van der Waals surface area contributed by atoms with E-state index >= 15 is 0 Å². The molecule has 220 valence electrons. The van der Waals surface area contributed by atoms with Crippen molar-refractivity contribution in [2.24, 2.45) is 29.1 Å². The van der Waals surface area contributed by atoms with E-state index in [1.165, 1.54) is 81.8 Å². The number of phenols is 1. The summed E-state index contributed by atoms with van der Waals surface area (Å²) in [5.41, 5.74) is 2.93. The number of fused-ring (bicyclic) bond motifs is 5. The van der Waals surface area contributed by atoms with Gasteiger partial charge in [0, 0.05) is 0 Å². The highest BCUT2D eigenvalue weighted by Gasteiger charge is 2.56. The van der Waals surface area contributed by atoms with E-state index < -0.39 is 5.97 Å². The number of phenolic OH excluding ortho intramolecular Hbond substituents is 1. The van der Waals surface area contributed by atoms with Crippen molar-refractivity contribution in [2.45, 2.75) is 148 Å². The lowest BCUT2D eigenvalue weighted by atomic mass is 9.52. The first-order chi connectivity index (χ1) is 18.8. The van der Waals surface area contributed by atoms with Gasteiger partial charge in [0.05, 0.1) is 12.0 Å². The predicted molar refractivity (Wildman–Crippen MR) is 159 cm³/mol. The maximum atomic E-state index is 11.6. The van der Waals surface area contributed by atoms with Crippen LogP contribution >= 0.6 is 0 Å². The van der Waals surface area contributed by atoms with Crippen molar-refractivity contribution in [2.75, 3.05) is 0 Å². The fourth-order valence-corrected chi connectivity index (χ4v) is 8.92. The van der Waals surface area contributed by atoms with E-state index in [-0.39, 0.29) is 17.4 Å². The molecule has 0 saturated heterocycles. The molecule has 0 bridgehead atoms. The Kier molecular flexibility index (Phi) is 11.2. The third-order valence-electron chi connectivity index (χ3n) is 11.2. The fraction of sp³-hybridized carbons (Fsp3) is 0.800. The molecule has 4 rings (SSSR count). The van der Waals surface area contributed by atoms with Crippen LogP contribution in [0.5, 0.6) is 5.75 Å². The SMILES string of the molecule is CCCCCCC(CCCCCCCCCC1Cc2cc(O)ccc2C2CC[C@@]3(C)C(CC[C@@H]3O)C12)C(=O)O. The number of hydrogen-bond acceptors (Lipinski definition) is 3. The van der Waals surface area contributed by atoms with Gasteiger partial charge in [-0.2, -0.15) is 0 Å². The lowest BCUT2D eigenvalue weighted by Crippen LogP contribution is -2.47. The summed E-state index contributed by atoms with van der Waals surface area (Å²) in [4.78, 5) is 11.6. The first-order valence-corrected chi connectivity index (χ1v) is 16.6. The molecule has 2 fully saturated rings. The molecular weight excluding hydrogens is 484 g/mol. The molecule has 0 spiro atoms. The average Bonchev–Trinajstić information content (AvgIpc) is 3.22. The number of aliphatic hydroxyl groups is 1. The van der Waals surface area contributed by atoms with Gasteiger partial charge in [-0.05, 0) is 104 Å². The summed E-state index contributed by atoms with van der Waals surface area (Å²) in [7, 11) is 0. The van der Waals surface area contributed by atoms with Crippen molar-refractivity contribution in [3.05, 3.63) is 29.3 Å². The molecule has 0 radical (unpaired) electrons. The van der Waals surface area contributed by atoms with Crippen molar-refractivity contribution >= 4 is 5.97 Å². The van der Waals surface area contributed by atoms with Gasteiger partial charge in [-0.25, -0.2) is 0 Å². The summed E-state index contributed by atoms with van der Waals surface area (Å²) in [6, 6.07) is 6.09. The highest BCUT2D eigenvalue weighted by atomic mass is 16.4. The average molecular weight is 541 g/mol. The number of carboxylic acid groups (broad SMARTS) is 1. The zero-order valence-electron chi connectivity index (χ0n) is 24.9. The van der Waals surface area contributed by atoms with Crippen LogP contribution in [0.2, 0.25) is 0 Å². The lowest BCUT2D eigenvalue weighted by Gasteiger charge is -2.53. The number of hydrogen-bond donors (Lipinski definition) is 3. The van der Waals surface area contributed by atoms with E-state index in [9.17, 15) is 20.1 Å². The van der Waals surface area contributed by atoms with Gasteiger partial charge < -0.3 is 15.3 Å². The van der Waals surface area contributed by atoms with Gasteiger partial charge in [-0.15, -0.1) is 0 Å². The van der Waals surface area contributed by atoms with Crippen LogP contribution in [0.15, 0.2) is 18.2 Å². The maximum absolute atomic E-state index is 11.6. The van der Waals surface area contributed by atoms with Crippen LogP contribution in [0, 0.1) is 29.1 Å². The Hall–Kier alpha value is -1.55. The zero-order valence-corrected chi connectivity index (χ0v) is 24.9. The Morgan fingerprint density at radius 1 is 0.949 bits per heavy atom. The lowest BCUT2D eigenvalue weighted by molar-refractivity contribution is -0.142. The van der Waals surface area contributed by atoms with Gasteiger partial charge in [0.2, 0.25) is 0 Å². The minimum Gasteiger partial charge on any atom is -0.508 e. The van der Waals surface area contributed by atoms with Gasteiger partial charge in [0.15, 0.2) is 0 Å². The molecule has 0 aliphatic heterocycles. The fourth-order valence-electron chi connectivity index (χ4n) is 8.92. The second-order valence-electron chi connectivity index (χ2n) is 13.7. The molecule has 4 heteroatoms. The van der Waals surface area contributed by atoms with E-state index in [1.54, 1.807) is 0 Å². The van der Waals surface area contributed by atoms with E-state index in [2.05, 4.69) is 19.9 Å². The number of unbranched alkanes of at least 4 members (excludes halogenated alkanes) is 9. The van der Waals surface area contributed by atoms with E-state index in [1.807, 2.05) is 12.1 Å². The quantitative estimate of drug-likeness (QED) is 0.183. The Morgan fingerprint density at radius 3 is 2.31 bits per heavy atom. The van der Waals surface area contributed by atoms with Crippen molar-refractivity contribution in [3.63, 3.8) is 0 Å². The molecule has 5 unspecified atom stereocenters. The first-order valence-electron chi connectivity index (χ1n) is 16.6. The summed E-state index contributed by atoms with van der Waals surface area (Å²) < 4.78 is 0. The van der Waals surface area contributed by atoms with Crippen LogP contribution in [0.1, 0.15) is 146 Å². The summed E-state index contributed by atoms with van der Waals surface area (Å²) >= 11 is 0. The van der Waals surface area contributed by atoms with Crippen LogP contribution in [0.3, 0.4) is 0 Å². The smallest absolute Gasteiger partial charge is 0.306 e. The summed E-state index contributed by atoms with van der Waals surface area (Å²) in [6.45, 7) is 4.55. The van der Waals surface area contributed by atoms with Crippen molar-refractivity contribution < 1.29 is 20.1 Å². The van der Waals surface area contributed by atoms with Crippen LogP contribution in [-0.4, -0.2) is 27.4 Å². The number of aliphatic hydroxyl groups excluding tert-OH is 1. The molecule has 3 aliphatic rings. The molecule has 7 atom stereocenters. The van der Waals surface area contributed by atoms with Gasteiger partial charge in [-0.1, -0.05) is 90.5 Å². The molecule has 3 aliphatic carbocycles. The first kappa shape index (κ1) is 30.4. The minimum atomic E-state index is -0.598. The van der Waals surface area contributed by atoms with Crippen LogP contribution in [0.4, 0.5) is 0 Å². The third kappa shape index (κ3) is 7.40. The second-order valence-corrected chi connectivity index (χ2v) is 13.7. The molecule has 0 heterocycles. The number of aliphatic carboxylic acids is 1. The molecule has 39 heavy (non-hydrogen) atoms. The van der Waals surface area contributed by atoms with Crippen molar-refractivity contribution in [1.29, 1.82) is 0 Å². The Bertz CT molecular complexity index is 912. The van der Waals surface area contributed by atoms with Gasteiger partial charge in [0.1, 0.15) is 5.75 Å². The summed E-state index contributed by atoms with van der Waals surface area (Å²) in [5, 5.41) is 30.6. The molecule has 0 amide bonds. The minimum absolute atomic E-state index is 0.0863. The molecule has 2 saturated carbocycles. The van der Waals surface area contributed by atoms with Gasteiger partial charge >= 0.3 is 5.97 Å². The third-order valence-corrected chi connectivity index (χ3v) is 11.2. The maximum Gasteiger partial charge on any atom is 0.306 e. The molecule has 4 nitrogen and oxygen atoms in total. The Labute approximate surface area is 238 Å². The topological polar surface area (TPSA) is 77.8 Å². The highest BCUT2D eigenvalue weighted by Crippen LogP contribution is 2.62. The van der Waals surface area contributed by atoms with Gasteiger partial charge in [-0.3, -0.25) is 4.79 Å². The molecule has 3 N–H and O–H groups in total. The van der Waals surface area contributed by atoms with Crippen LogP contribution < -0.4 is 0 Å².